The summed E-state index contributed by atoms with van der Waals surface area (Å²) in [7, 11) is -1.81. The molecule has 1 fully saturated rings. The molecule has 0 N–H and O–H groups in total. The number of nitrogens with zero attached hydrogens (tertiary/aromatic N) is 2. The highest BCUT2D eigenvalue weighted by atomic mass is 32.2. The van der Waals surface area contributed by atoms with Crippen LogP contribution in [0.25, 0.3) is 0 Å². The molecule has 0 atom stereocenters. The van der Waals surface area contributed by atoms with Crippen molar-refractivity contribution in [1.29, 1.82) is 5.26 Å². The summed E-state index contributed by atoms with van der Waals surface area (Å²) in [5.41, 5.74) is 0.280. The number of nitriles is 1. The summed E-state index contributed by atoms with van der Waals surface area (Å²) in [6, 6.07) is 8.76. The van der Waals surface area contributed by atoms with Gasteiger partial charge < -0.3 is 4.90 Å². The second kappa shape index (κ2) is 6.14. The highest BCUT2D eigenvalue weighted by molar-refractivity contribution is 7.86. The van der Waals surface area contributed by atoms with Gasteiger partial charge in [-0.2, -0.15) is 13.7 Å². The van der Waals surface area contributed by atoms with E-state index in [1.165, 1.54) is 12.1 Å². The molecule has 6 heteroatoms. The van der Waals surface area contributed by atoms with E-state index < -0.39 is 15.5 Å². The second-order valence-electron chi connectivity index (χ2n) is 5.72. The quantitative estimate of drug-likeness (QED) is 0.795. The molecule has 0 amide bonds. The summed E-state index contributed by atoms with van der Waals surface area (Å²) in [6.07, 6.45) is 1.26. The largest absolute Gasteiger partial charge is 0.306 e. The minimum Gasteiger partial charge on any atom is -0.306 e. The Morgan fingerprint density at radius 3 is 2.38 bits per heavy atom. The number of benzene rings is 1. The maximum Gasteiger partial charge on any atom is 0.297 e. The van der Waals surface area contributed by atoms with Crippen LogP contribution in [0.2, 0.25) is 0 Å². The SMILES string of the molecule is Cc1ccc(S(=O)(=O)OCC2(C#N)CCN(C)CC2)cc1. The van der Waals surface area contributed by atoms with Crippen LogP contribution in [0.4, 0.5) is 0 Å². The summed E-state index contributed by atoms with van der Waals surface area (Å²) >= 11 is 0. The van der Waals surface area contributed by atoms with Gasteiger partial charge in [0, 0.05) is 0 Å². The Labute approximate surface area is 126 Å². The molecule has 0 bridgehead atoms. The Morgan fingerprint density at radius 2 is 1.86 bits per heavy atom. The average molecular weight is 308 g/mol. The van der Waals surface area contributed by atoms with Crippen molar-refractivity contribution in [2.24, 2.45) is 5.41 Å². The first kappa shape index (κ1) is 16.0. The van der Waals surface area contributed by atoms with Crippen molar-refractivity contribution in [1.82, 2.24) is 4.90 Å². The minimum atomic E-state index is -3.80. The van der Waals surface area contributed by atoms with E-state index in [1.807, 2.05) is 14.0 Å². The number of likely N-dealkylation sites (tertiary alicyclic amines) is 1. The van der Waals surface area contributed by atoms with E-state index in [0.717, 1.165) is 18.7 Å². The lowest BCUT2D eigenvalue weighted by Gasteiger charge is -2.34. The zero-order chi connectivity index (χ0) is 15.5. The second-order valence-corrected chi connectivity index (χ2v) is 7.34. The van der Waals surface area contributed by atoms with Crippen molar-refractivity contribution in [3.63, 3.8) is 0 Å². The number of rotatable bonds is 4. The highest BCUT2D eigenvalue weighted by Gasteiger charge is 2.36. The Kier molecular flexibility index (Phi) is 4.67. The molecule has 21 heavy (non-hydrogen) atoms. The van der Waals surface area contributed by atoms with Gasteiger partial charge in [0.05, 0.1) is 23.0 Å². The fourth-order valence-electron chi connectivity index (χ4n) is 2.30. The first-order valence-electron chi connectivity index (χ1n) is 6.93. The van der Waals surface area contributed by atoms with Crippen LogP contribution in [0.5, 0.6) is 0 Å². The van der Waals surface area contributed by atoms with Crippen molar-refractivity contribution < 1.29 is 12.6 Å². The predicted octanol–water partition coefficient (Wildman–Crippen LogP) is 1.94. The van der Waals surface area contributed by atoms with Crippen LogP contribution in [-0.4, -0.2) is 40.1 Å². The van der Waals surface area contributed by atoms with E-state index in [1.54, 1.807) is 12.1 Å². The fraction of sp³-hybridized carbons (Fsp3) is 0.533. The van der Waals surface area contributed by atoms with Crippen molar-refractivity contribution in [3.8, 4) is 6.07 Å². The van der Waals surface area contributed by atoms with Gasteiger partial charge >= 0.3 is 0 Å². The summed E-state index contributed by atoms with van der Waals surface area (Å²) in [4.78, 5) is 2.26. The fourth-order valence-corrected chi connectivity index (χ4v) is 3.28. The lowest BCUT2D eigenvalue weighted by molar-refractivity contribution is 0.113. The van der Waals surface area contributed by atoms with E-state index in [9.17, 15) is 13.7 Å². The molecule has 5 nitrogen and oxygen atoms in total. The number of hydrogen-bond donors (Lipinski definition) is 0. The smallest absolute Gasteiger partial charge is 0.297 e. The molecular weight excluding hydrogens is 288 g/mol. The van der Waals surface area contributed by atoms with Crippen LogP contribution in [0.1, 0.15) is 18.4 Å². The summed E-state index contributed by atoms with van der Waals surface area (Å²) < 4.78 is 29.5. The Morgan fingerprint density at radius 1 is 1.29 bits per heavy atom. The van der Waals surface area contributed by atoms with Crippen molar-refractivity contribution in [2.45, 2.75) is 24.7 Å². The lowest BCUT2D eigenvalue weighted by atomic mass is 9.81. The maximum atomic E-state index is 12.2. The van der Waals surface area contributed by atoms with Gasteiger partial charge in [-0.1, -0.05) is 17.7 Å². The molecule has 0 saturated carbocycles. The van der Waals surface area contributed by atoms with Crippen molar-refractivity contribution >= 4 is 10.1 Å². The van der Waals surface area contributed by atoms with E-state index in [2.05, 4.69) is 11.0 Å². The first-order chi connectivity index (χ1) is 9.87. The molecule has 1 heterocycles. The van der Waals surface area contributed by atoms with Crippen LogP contribution in [0.15, 0.2) is 29.2 Å². The third-order valence-corrected chi connectivity index (χ3v) is 5.26. The van der Waals surface area contributed by atoms with Crippen LogP contribution < -0.4 is 0 Å². The summed E-state index contributed by atoms with van der Waals surface area (Å²) in [5, 5.41) is 9.39. The molecule has 0 unspecified atom stereocenters. The molecule has 1 aliphatic heterocycles. The average Bonchev–Trinajstić information content (AvgIpc) is 2.48. The van der Waals surface area contributed by atoms with Crippen molar-refractivity contribution in [2.75, 3.05) is 26.7 Å². The summed E-state index contributed by atoms with van der Waals surface area (Å²) in [5.74, 6) is 0. The molecule has 114 valence electrons. The van der Waals surface area contributed by atoms with Crippen LogP contribution >= 0.6 is 0 Å². The zero-order valence-corrected chi connectivity index (χ0v) is 13.2. The molecule has 0 aromatic heterocycles. The van der Waals surface area contributed by atoms with Gasteiger partial charge in [0.2, 0.25) is 0 Å². The predicted molar refractivity (Wildman–Crippen MR) is 79.1 cm³/mol. The zero-order valence-electron chi connectivity index (χ0n) is 12.4. The Balaban J connectivity index is 2.07. The highest BCUT2D eigenvalue weighted by Crippen LogP contribution is 2.31. The maximum absolute atomic E-state index is 12.2. The molecule has 0 spiro atoms. The standard InChI is InChI=1S/C15H20N2O3S/c1-13-3-5-14(6-4-13)21(18,19)20-12-15(11-16)7-9-17(2)10-8-15/h3-6H,7-10,12H2,1-2H3. The van der Waals surface area contributed by atoms with Gasteiger partial charge in [0.25, 0.3) is 10.1 Å². The number of hydrogen-bond acceptors (Lipinski definition) is 5. The van der Waals surface area contributed by atoms with E-state index >= 15 is 0 Å². The molecule has 0 radical (unpaired) electrons. The monoisotopic (exact) mass is 308 g/mol. The first-order valence-corrected chi connectivity index (χ1v) is 8.34. The Hall–Kier alpha value is -1.42. The third-order valence-electron chi connectivity index (χ3n) is 3.98. The van der Waals surface area contributed by atoms with E-state index in [-0.39, 0.29) is 11.5 Å². The Bertz CT molecular complexity index is 624. The normalized spacial score (nSPS) is 19.1. The molecular formula is C15H20N2O3S. The summed E-state index contributed by atoms with van der Waals surface area (Å²) in [6.45, 7) is 3.37. The molecule has 1 saturated heterocycles. The van der Waals surface area contributed by atoms with Gasteiger partial charge in [-0.25, -0.2) is 0 Å². The van der Waals surface area contributed by atoms with E-state index in [4.69, 9.17) is 4.18 Å². The minimum absolute atomic E-state index is 0.0758. The molecule has 1 aromatic carbocycles. The van der Waals surface area contributed by atoms with E-state index in [0.29, 0.717) is 12.8 Å². The molecule has 1 aliphatic rings. The topological polar surface area (TPSA) is 70.4 Å². The van der Waals surface area contributed by atoms with Crippen LogP contribution in [0.3, 0.4) is 0 Å². The van der Waals surface area contributed by atoms with Crippen molar-refractivity contribution in [3.05, 3.63) is 29.8 Å². The molecule has 0 aliphatic carbocycles. The number of aryl methyl sites for hydroxylation is 1. The number of piperidine rings is 1. The van der Waals surface area contributed by atoms with Gasteiger partial charge in [-0.3, -0.25) is 4.18 Å². The van der Waals surface area contributed by atoms with Gasteiger partial charge in [-0.15, -0.1) is 0 Å². The van der Waals surface area contributed by atoms with Gasteiger partial charge in [-0.05, 0) is 52.0 Å². The van der Waals surface area contributed by atoms with Gasteiger partial charge in [0.15, 0.2) is 0 Å². The molecule has 1 aromatic rings. The third kappa shape index (κ3) is 3.82. The molecule has 2 rings (SSSR count). The van der Waals surface area contributed by atoms with Crippen LogP contribution in [-0.2, 0) is 14.3 Å². The lowest BCUT2D eigenvalue weighted by Crippen LogP contribution is -2.40. The van der Waals surface area contributed by atoms with Crippen LogP contribution in [0, 0.1) is 23.7 Å². The van der Waals surface area contributed by atoms with Gasteiger partial charge in [0.1, 0.15) is 0 Å².